The molecule has 2 heterocycles. The van der Waals surface area contributed by atoms with Crippen molar-refractivity contribution in [3.63, 3.8) is 0 Å². The van der Waals surface area contributed by atoms with Gasteiger partial charge in [-0.1, -0.05) is 11.6 Å². The number of nitrogens with zero attached hydrogens (tertiary/aromatic N) is 2. The third-order valence-corrected chi connectivity index (χ3v) is 5.10. The number of aromatic nitrogens is 1. The van der Waals surface area contributed by atoms with Crippen LogP contribution < -0.4 is 10.6 Å². The quantitative estimate of drug-likeness (QED) is 0.627. The Morgan fingerprint density at radius 3 is 2.96 bits per heavy atom. The summed E-state index contributed by atoms with van der Waals surface area (Å²) in [6.07, 6.45) is 2.26. The van der Waals surface area contributed by atoms with Crippen molar-refractivity contribution >= 4 is 45.6 Å². The van der Waals surface area contributed by atoms with Gasteiger partial charge in [-0.05, 0) is 31.0 Å². The predicted octanol–water partition coefficient (Wildman–Crippen LogP) is 2.99. The maximum Gasteiger partial charge on any atom is 0.251 e. The maximum absolute atomic E-state index is 12.3. The molecule has 0 aliphatic carbocycles. The molecule has 0 saturated carbocycles. The zero-order valence-corrected chi connectivity index (χ0v) is 15.6. The number of benzene rings is 1. The number of thiazole rings is 1. The first kappa shape index (κ1) is 18.5. The maximum atomic E-state index is 12.3. The zero-order valence-electron chi connectivity index (χ0n) is 14.0. The molecule has 138 valence electrons. The van der Waals surface area contributed by atoms with Gasteiger partial charge in [0.1, 0.15) is 0 Å². The SMILES string of the molecule is O=C(NCCCN1CCCC1=O)c1ccc(Cl)c(Nc2nc(O)cs2)c1. The first-order valence-electron chi connectivity index (χ1n) is 8.30. The van der Waals surface area contributed by atoms with Crippen LogP contribution in [0.1, 0.15) is 29.6 Å². The summed E-state index contributed by atoms with van der Waals surface area (Å²) in [4.78, 5) is 29.6. The van der Waals surface area contributed by atoms with Crippen LogP contribution in [0.25, 0.3) is 0 Å². The highest BCUT2D eigenvalue weighted by molar-refractivity contribution is 7.14. The average molecular weight is 395 g/mol. The third-order valence-electron chi connectivity index (χ3n) is 4.02. The minimum atomic E-state index is -0.209. The second kappa shape index (κ2) is 8.37. The molecule has 1 saturated heterocycles. The molecule has 3 N–H and O–H groups in total. The molecule has 0 bridgehead atoms. The molecule has 7 nitrogen and oxygen atoms in total. The topological polar surface area (TPSA) is 94.6 Å². The summed E-state index contributed by atoms with van der Waals surface area (Å²) in [6.45, 7) is 1.97. The standard InChI is InChI=1S/C17H19ClN4O3S/c18-12-5-4-11(9-13(12)20-17-21-14(23)10-26-17)16(25)19-6-2-8-22-7-1-3-15(22)24/h4-5,9-10,23H,1-3,6-8H2,(H,19,25)(H,20,21). The van der Waals surface area contributed by atoms with E-state index < -0.39 is 0 Å². The summed E-state index contributed by atoms with van der Waals surface area (Å²) in [5, 5.41) is 17.6. The van der Waals surface area contributed by atoms with Crippen LogP contribution in [-0.4, -0.2) is 46.4 Å². The number of carbonyl (C=O) groups is 2. The van der Waals surface area contributed by atoms with Crippen molar-refractivity contribution in [3.05, 3.63) is 34.2 Å². The van der Waals surface area contributed by atoms with Gasteiger partial charge in [-0.15, -0.1) is 11.3 Å². The first-order valence-corrected chi connectivity index (χ1v) is 9.56. The van der Waals surface area contributed by atoms with E-state index in [4.69, 9.17) is 11.6 Å². The number of anilines is 2. The van der Waals surface area contributed by atoms with Crippen molar-refractivity contribution in [2.24, 2.45) is 0 Å². The van der Waals surface area contributed by atoms with Crippen LogP contribution >= 0.6 is 22.9 Å². The van der Waals surface area contributed by atoms with Crippen molar-refractivity contribution in [2.75, 3.05) is 25.0 Å². The Labute approximate surface area is 160 Å². The summed E-state index contributed by atoms with van der Waals surface area (Å²) >= 11 is 7.39. The van der Waals surface area contributed by atoms with Crippen LogP contribution in [0.4, 0.5) is 10.8 Å². The van der Waals surface area contributed by atoms with E-state index in [9.17, 15) is 14.7 Å². The summed E-state index contributed by atoms with van der Waals surface area (Å²) in [6, 6.07) is 4.92. The van der Waals surface area contributed by atoms with Crippen molar-refractivity contribution in [1.82, 2.24) is 15.2 Å². The van der Waals surface area contributed by atoms with Gasteiger partial charge in [0.05, 0.1) is 16.1 Å². The molecule has 0 radical (unpaired) electrons. The number of halogens is 1. The van der Waals surface area contributed by atoms with Crippen LogP contribution in [0.15, 0.2) is 23.6 Å². The summed E-state index contributed by atoms with van der Waals surface area (Å²) < 4.78 is 0. The molecule has 1 aliphatic rings. The van der Waals surface area contributed by atoms with Crippen LogP contribution in [0.3, 0.4) is 0 Å². The zero-order chi connectivity index (χ0) is 18.5. The number of carbonyl (C=O) groups excluding carboxylic acids is 2. The molecule has 9 heteroatoms. The van der Waals surface area contributed by atoms with Crippen molar-refractivity contribution in [1.29, 1.82) is 0 Å². The van der Waals surface area contributed by atoms with Gasteiger partial charge in [-0.2, -0.15) is 4.98 Å². The number of likely N-dealkylation sites (tertiary alicyclic amines) is 1. The van der Waals surface area contributed by atoms with Crippen LogP contribution in [0, 0.1) is 0 Å². The second-order valence-corrected chi connectivity index (χ2v) is 7.19. The van der Waals surface area contributed by atoms with Gasteiger partial charge in [0.25, 0.3) is 5.91 Å². The molecule has 1 aliphatic heterocycles. The number of rotatable bonds is 7. The van der Waals surface area contributed by atoms with Gasteiger partial charge in [0.15, 0.2) is 5.13 Å². The van der Waals surface area contributed by atoms with Crippen LogP contribution in [0.2, 0.25) is 5.02 Å². The molecule has 1 fully saturated rings. The van der Waals surface area contributed by atoms with Gasteiger partial charge in [0, 0.05) is 31.6 Å². The predicted molar refractivity (Wildman–Crippen MR) is 101 cm³/mol. The minimum absolute atomic E-state index is 0.0704. The fourth-order valence-corrected chi connectivity index (χ4v) is 3.46. The molecule has 0 spiro atoms. The highest BCUT2D eigenvalue weighted by atomic mass is 35.5. The summed E-state index contributed by atoms with van der Waals surface area (Å²) in [5.74, 6) is -0.0866. The number of aromatic hydroxyl groups is 1. The fourth-order valence-electron chi connectivity index (χ4n) is 2.71. The first-order chi connectivity index (χ1) is 12.5. The smallest absolute Gasteiger partial charge is 0.251 e. The molecule has 2 amide bonds. The van der Waals surface area contributed by atoms with Gasteiger partial charge >= 0.3 is 0 Å². The fraction of sp³-hybridized carbons (Fsp3) is 0.353. The molecule has 26 heavy (non-hydrogen) atoms. The summed E-state index contributed by atoms with van der Waals surface area (Å²) in [5.41, 5.74) is 1.01. The lowest BCUT2D eigenvalue weighted by Gasteiger charge is -2.15. The molecule has 1 aromatic heterocycles. The molecular weight excluding hydrogens is 376 g/mol. The van der Waals surface area contributed by atoms with E-state index in [-0.39, 0.29) is 17.7 Å². The van der Waals surface area contributed by atoms with Gasteiger partial charge in [-0.25, -0.2) is 0 Å². The highest BCUT2D eigenvalue weighted by Crippen LogP contribution is 2.29. The average Bonchev–Trinajstić information content (AvgIpc) is 3.21. The molecule has 3 rings (SSSR count). The normalized spacial score (nSPS) is 13.9. The lowest BCUT2D eigenvalue weighted by molar-refractivity contribution is -0.127. The number of hydrogen-bond donors (Lipinski definition) is 3. The van der Waals surface area contributed by atoms with Gasteiger partial charge in [0.2, 0.25) is 11.8 Å². The van der Waals surface area contributed by atoms with Crippen molar-refractivity contribution in [2.45, 2.75) is 19.3 Å². The Morgan fingerprint density at radius 1 is 1.42 bits per heavy atom. The molecule has 1 aromatic carbocycles. The Kier molecular flexibility index (Phi) is 5.95. The van der Waals surface area contributed by atoms with E-state index >= 15 is 0 Å². The van der Waals surface area contributed by atoms with E-state index in [0.29, 0.717) is 47.3 Å². The molecule has 0 unspecified atom stereocenters. The van der Waals surface area contributed by atoms with E-state index in [2.05, 4.69) is 15.6 Å². The Hall–Kier alpha value is -2.32. The van der Waals surface area contributed by atoms with E-state index in [1.807, 2.05) is 4.90 Å². The molecular formula is C17H19ClN4O3S. The largest absolute Gasteiger partial charge is 0.493 e. The second-order valence-electron chi connectivity index (χ2n) is 5.92. The summed E-state index contributed by atoms with van der Waals surface area (Å²) in [7, 11) is 0. The highest BCUT2D eigenvalue weighted by Gasteiger charge is 2.19. The Morgan fingerprint density at radius 2 is 2.27 bits per heavy atom. The number of amides is 2. The van der Waals surface area contributed by atoms with E-state index in [1.54, 1.807) is 18.2 Å². The van der Waals surface area contributed by atoms with Crippen molar-refractivity contribution < 1.29 is 14.7 Å². The number of hydrogen-bond acceptors (Lipinski definition) is 6. The molecule has 0 atom stereocenters. The molecule has 2 aromatic rings. The van der Waals surface area contributed by atoms with Gasteiger partial charge < -0.3 is 20.6 Å². The van der Waals surface area contributed by atoms with Crippen LogP contribution in [0.5, 0.6) is 5.88 Å². The Balaban J connectivity index is 1.53. The third kappa shape index (κ3) is 4.64. The van der Waals surface area contributed by atoms with Crippen molar-refractivity contribution in [3.8, 4) is 5.88 Å². The number of nitrogens with one attached hydrogen (secondary N) is 2. The van der Waals surface area contributed by atoms with Gasteiger partial charge in [-0.3, -0.25) is 9.59 Å². The van der Waals surface area contributed by atoms with Crippen LogP contribution in [-0.2, 0) is 4.79 Å². The lowest BCUT2D eigenvalue weighted by atomic mass is 10.2. The minimum Gasteiger partial charge on any atom is -0.493 e. The lowest BCUT2D eigenvalue weighted by Crippen LogP contribution is -2.30. The monoisotopic (exact) mass is 394 g/mol. The Bertz CT molecular complexity index is 811. The van der Waals surface area contributed by atoms with E-state index in [1.165, 1.54) is 16.7 Å². The van der Waals surface area contributed by atoms with E-state index in [0.717, 1.165) is 13.0 Å².